The third-order valence-electron chi connectivity index (χ3n) is 2.50. The van der Waals surface area contributed by atoms with E-state index in [1.54, 1.807) is 0 Å². The van der Waals surface area contributed by atoms with Gasteiger partial charge in [0, 0.05) is 25.7 Å². The summed E-state index contributed by atoms with van der Waals surface area (Å²) in [6, 6.07) is 0.804. The predicted molar refractivity (Wildman–Crippen MR) is 48.8 cm³/mol. The lowest BCUT2D eigenvalue weighted by atomic mass is 10.1. The van der Waals surface area contributed by atoms with E-state index in [1.165, 1.54) is 39.0 Å². The minimum atomic E-state index is 0.804. The quantitative estimate of drug-likeness (QED) is 0.658. The van der Waals surface area contributed by atoms with Crippen molar-refractivity contribution in [2.45, 2.75) is 32.7 Å². The average molecular weight is 156 g/mol. The number of hydrogen-bond acceptors (Lipinski definition) is 2. The van der Waals surface area contributed by atoms with Crippen molar-refractivity contribution in [2.24, 2.45) is 0 Å². The molecule has 1 aliphatic rings. The topological polar surface area (TPSA) is 15.3 Å². The summed E-state index contributed by atoms with van der Waals surface area (Å²) in [7, 11) is 0. The van der Waals surface area contributed by atoms with E-state index in [-0.39, 0.29) is 0 Å². The van der Waals surface area contributed by atoms with Crippen molar-refractivity contribution in [1.29, 1.82) is 0 Å². The van der Waals surface area contributed by atoms with Crippen molar-refractivity contribution in [3.8, 4) is 0 Å². The van der Waals surface area contributed by atoms with E-state index in [2.05, 4.69) is 24.1 Å². The molecule has 2 heteroatoms. The molecule has 0 amide bonds. The second-order valence-corrected chi connectivity index (χ2v) is 3.28. The Morgan fingerprint density at radius 2 is 2.27 bits per heavy atom. The maximum atomic E-state index is 3.44. The average Bonchev–Trinajstić information content (AvgIpc) is 2.06. The first kappa shape index (κ1) is 9.01. The fourth-order valence-electron chi connectivity index (χ4n) is 1.84. The van der Waals surface area contributed by atoms with Gasteiger partial charge in [-0.25, -0.2) is 0 Å². The summed E-state index contributed by atoms with van der Waals surface area (Å²) < 4.78 is 0. The second kappa shape index (κ2) is 4.73. The fraction of sp³-hybridized carbons (Fsp3) is 1.00. The van der Waals surface area contributed by atoms with Gasteiger partial charge >= 0.3 is 0 Å². The Bertz CT molecular complexity index is 102. The first-order valence-corrected chi connectivity index (χ1v) is 4.83. The van der Waals surface area contributed by atoms with Crippen molar-refractivity contribution in [3.63, 3.8) is 0 Å². The van der Waals surface area contributed by atoms with E-state index in [1.807, 2.05) is 0 Å². The molecule has 0 saturated carbocycles. The van der Waals surface area contributed by atoms with Crippen molar-refractivity contribution in [3.05, 3.63) is 0 Å². The summed E-state index contributed by atoms with van der Waals surface area (Å²) in [4.78, 5) is 2.58. The van der Waals surface area contributed by atoms with Crippen LogP contribution in [0.3, 0.4) is 0 Å². The van der Waals surface area contributed by atoms with Crippen LogP contribution in [0, 0.1) is 0 Å². The molecule has 1 N–H and O–H groups in total. The Labute approximate surface area is 70.0 Å². The maximum Gasteiger partial charge on any atom is 0.0220 e. The molecule has 0 aromatic rings. The zero-order valence-electron chi connectivity index (χ0n) is 7.77. The molecule has 0 bridgehead atoms. The van der Waals surface area contributed by atoms with Crippen LogP contribution in [-0.4, -0.2) is 37.1 Å². The number of likely N-dealkylation sites (N-methyl/N-ethyl adjacent to an activating group) is 1. The Morgan fingerprint density at radius 3 is 2.91 bits per heavy atom. The Balaban J connectivity index is 2.31. The van der Waals surface area contributed by atoms with Crippen LogP contribution >= 0.6 is 0 Å². The molecule has 0 aromatic carbocycles. The molecule has 1 rings (SSSR count). The molecular weight excluding hydrogens is 136 g/mol. The zero-order valence-corrected chi connectivity index (χ0v) is 7.77. The summed E-state index contributed by atoms with van der Waals surface area (Å²) in [5, 5.41) is 3.44. The molecule has 11 heavy (non-hydrogen) atoms. The minimum Gasteiger partial charge on any atom is -0.314 e. The molecule has 0 unspecified atom stereocenters. The maximum absolute atomic E-state index is 3.44. The molecule has 0 radical (unpaired) electrons. The predicted octanol–water partition coefficient (Wildman–Crippen LogP) is 1.08. The van der Waals surface area contributed by atoms with Crippen LogP contribution < -0.4 is 5.32 Å². The van der Waals surface area contributed by atoms with Gasteiger partial charge in [0.15, 0.2) is 0 Å². The number of rotatable bonds is 3. The first-order chi connectivity index (χ1) is 5.38. The molecule has 0 spiro atoms. The van der Waals surface area contributed by atoms with E-state index < -0.39 is 0 Å². The SMILES string of the molecule is CCC[C@@H]1CNCCN1CC. The number of hydrogen-bond donors (Lipinski definition) is 1. The molecule has 1 heterocycles. The summed E-state index contributed by atoms with van der Waals surface area (Å²) >= 11 is 0. The summed E-state index contributed by atoms with van der Waals surface area (Å²) in [6.07, 6.45) is 2.66. The first-order valence-electron chi connectivity index (χ1n) is 4.83. The van der Waals surface area contributed by atoms with Crippen molar-refractivity contribution in [2.75, 3.05) is 26.2 Å². The molecular formula is C9H20N2. The highest BCUT2D eigenvalue weighted by molar-refractivity contribution is 4.78. The Morgan fingerprint density at radius 1 is 1.45 bits per heavy atom. The van der Waals surface area contributed by atoms with Gasteiger partial charge in [-0.2, -0.15) is 0 Å². The van der Waals surface area contributed by atoms with E-state index in [0.717, 1.165) is 6.04 Å². The van der Waals surface area contributed by atoms with E-state index in [9.17, 15) is 0 Å². The van der Waals surface area contributed by atoms with Crippen LogP contribution in [0.1, 0.15) is 26.7 Å². The van der Waals surface area contributed by atoms with Gasteiger partial charge in [0.1, 0.15) is 0 Å². The lowest BCUT2D eigenvalue weighted by molar-refractivity contribution is 0.160. The highest BCUT2D eigenvalue weighted by Crippen LogP contribution is 2.08. The van der Waals surface area contributed by atoms with Gasteiger partial charge < -0.3 is 5.32 Å². The summed E-state index contributed by atoms with van der Waals surface area (Å²) in [6.45, 7) is 9.35. The standard InChI is InChI=1S/C9H20N2/c1-3-5-9-8-10-6-7-11(9)4-2/h9-10H,3-8H2,1-2H3/t9-/m1/s1. The lowest BCUT2D eigenvalue weighted by Gasteiger charge is -2.35. The zero-order chi connectivity index (χ0) is 8.10. The summed E-state index contributed by atoms with van der Waals surface area (Å²) in [5.74, 6) is 0. The highest BCUT2D eigenvalue weighted by Gasteiger charge is 2.18. The molecule has 1 aliphatic heterocycles. The number of nitrogens with zero attached hydrogens (tertiary/aromatic N) is 1. The van der Waals surface area contributed by atoms with Gasteiger partial charge in [-0.1, -0.05) is 20.3 Å². The van der Waals surface area contributed by atoms with Gasteiger partial charge in [0.05, 0.1) is 0 Å². The molecule has 2 nitrogen and oxygen atoms in total. The van der Waals surface area contributed by atoms with Crippen molar-refractivity contribution >= 4 is 0 Å². The molecule has 0 aliphatic carbocycles. The minimum absolute atomic E-state index is 0.804. The molecule has 1 saturated heterocycles. The monoisotopic (exact) mass is 156 g/mol. The number of nitrogens with one attached hydrogen (secondary N) is 1. The molecule has 66 valence electrons. The van der Waals surface area contributed by atoms with Crippen LogP contribution in [0.25, 0.3) is 0 Å². The molecule has 1 fully saturated rings. The van der Waals surface area contributed by atoms with Crippen LogP contribution in [0.5, 0.6) is 0 Å². The lowest BCUT2D eigenvalue weighted by Crippen LogP contribution is -2.50. The molecule has 0 aromatic heterocycles. The number of piperazine rings is 1. The summed E-state index contributed by atoms with van der Waals surface area (Å²) in [5.41, 5.74) is 0. The van der Waals surface area contributed by atoms with Gasteiger partial charge in [0.2, 0.25) is 0 Å². The van der Waals surface area contributed by atoms with E-state index >= 15 is 0 Å². The van der Waals surface area contributed by atoms with E-state index in [0.29, 0.717) is 0 Å². The van der Waals surface area contributed by atoms with Gasteiger partial charge in [-0.3, -0.25) is 4.90 Å². The Hall–Kier alpha value is -0.0800. The highest BCUT2D eigenvalue weighted by atomic mass is 15.2. The smallest absolute Gasteiger partial charge is 0.0220 e. The fourth-order valence-corrected chi connectivity index (χ4v) is 1.84. The third-order valence-corrected chi connectivity index (χ3v) is 2.50. The van der Waals surface area contributed by atoms with Gasteiger partial charge in [-0.15, -0.1) is 0 Å². The normalized spacial score (nSPS) is 27.3. The van der Waals surface area contributed by atoms with E-state index in [4.69, 9.17) is 0 Å². The largest absolute Gasteiger partial charge is 0.314 e. The van der Waals surface area contributed by atoms with Crippen LogP contribution in [0.4, 0.5) is 0 Å². The Kier molecular flexibility index (Phi) is 3.87. The molecule has 1 atom stereocenters. The van der Waals surface area contributed by atoms with Gasteiger partial charge in [0.25, 0.3) is 0 Å². The van der Waals surface area contributed by atoms with Crippen LogP contribution in [-0.2, 0) is 0 Å². The third kappa shape index (κ3) is 2.46. The van der Waals surface area contributed by atoms with Gasteiger partial charge in [-0.05, 0) is 13.0 Å². The van der Waals surface area contributed by atoms with Crippen LogP contribution in [0.2, 0.25) is 0 Å². The van der Waals surface area contributed by atoms with Crippen LogP contribution in [0.15, 0.2) is 0 Å². The second-order valence-electron chi connectivity index (χ2n) is 3.28. The van der Waals surface area contributed by atoms with Crippen molar-refractivity contribution in [1.82, 2.24) is 10.2 Å². The van der Waals surface area contributed by atoms with Crippen molar-refractivity contribution < 1.29 is 0 Å².